The highest BCUT2D eigenvalue weighted by molar-refractivity contribution is 6.24. The van der Waals surface area contributed by atoms with Gasteiger partial charge in [0.15, 0.2) is 11.4 Å². The first-order valence-electron chi connectivity index (χ1n) is 15.1. The van der Waals surface area contributed by atoms with Crippen molar-refractivity contribution in [1.82, 2.24) is 30.2 Å². The quantitative estimate of drug-likeness (QED) is 0.161. The van der Waals surface area contributed by atoms with E-state index in [9.17, 15) is 34.8 Å². The van der Waals surface area contributed by atoms with Crippen LogP contribution >= 0.6 is 0 Å². The number of primary amides is 1. The number of nitrogens with two attached hydrogens (primary N) is 1. The number of amides is 1. The minimum Gasteiger partial charge on any atom is -0.508 e. The first-order chi connectivity index (χ1) is 22.2. The highest BCUT2D eigenvalue weighted by Gasteiger charge is 2.64. The van der Waals surface area contributed by atoms with Gasteiger partial charge in [-0.3, -0.25) is 34.4 Å². The van der Waals surface area contributed by atoms with Crippen molar-refractivity contribution in [2.24, 2.45) is 17.6 Å². The molecule has 256 valence electrons. The number of Topliss-reactive ketones (excluding diaryl/α,β-unsaturated/α-hetero) is 2. The van der Waals surface area contributed by atoms with Gasteiger partial charge in [-0.2, -0.15) is 10.2 Å². The average molecular weight is 663 g/mol. The summed E-state index contributed by atoms with van der Waals surface area (Å²) in [5, 5.41) is 60.6. The van der Waals surface area contributed by atoms with Crippen LogP contribution in [0.2, 0.25) is 0 Å². The van der Waals surface area contributed by atoms with E-state index in [-0.39, 0.29) is 43.7 Å². The number of phenolic OH excluding ortho intramolecular Hbond substituents is 1. The lowest BCUT2D eigenvalue weighted by Gasteiger charge is -2.50. The van der Waals surface area contributed by atoms with Crippen LogP contribution in [0.4, 0.5) is 5.69 Å². The molecule has 0 unspecified atom stereocenters. The fourth-order valence-corrected chi connectivity index (χ4v) is 7.50. The number of carbonyl (C=O) groups is 3. The van der Waals surface area contributed by atoms with Crippen molar-refractivity contribution >= 4 is 28.9 Å². The number of fused-ring (bicyclic) bond motifs is 3. The monoisotopic (exact) mass is 662 g/mol. The van der Waals surface area contributed by atoms with Gasteiger partial charge < -0.3 is 31.1 Å². The zero-order valence-corrected chi connectivity index (χ0v) is 26.5. The third-order valence-corrected chi connectivity index (χ3v) is 9.56. The summed E-state index contributed by atoms with van der Waals surface area (Å²) in [6.07, 6.45) is 3.50. The third-order valence-electron chi connectivity index (χ3n) is 9.56. The van der Waals surface area contributed by atoms with Gasteiger partial charge in [-0.1, -0.05) is 7.43 Å². The molecule has 0 spiro atoms. The Labute approximate surface area is 277 Å². The Morgan fingerprint density at radius 1 is 1.02 bits per heavy atom. The van der Waals surface area contributed by atoms with Crippen LogP contribution in [0.15, 0.2) is 47.5 Å². The van der Waals surface area contributed by atoms with Crippen molar-refractivity contribution in [3.05, 3.63) is 75.6 Å². The fourth-order valence-electron chi connectivity index (χ4n) is 7.50. The molecule has 1 amide bonds. The Balaban J connectivity index is 0.00000451. The highest BCUT2D eigenvalue weighted by Crippen LogP contribution is 2.54. The Bertz CT molecular complexity index is 1780. The number of benzene rings is 1. The van der Waals surface area contributed by atoms with Crippen LogP contribution in [0.3, 0.4) is 0 Å². The van der Waals surface area contributed by atoms with Crippen LogP contribution in [-0.2, 0) is 40.4 Å². The molecule has 4 atom stereocenters. The molecule has 1 fully saturated rings. The van der Waals surface area contributed by atoms with Crippen LogP contribution in [0, 0.1) is 11.8 Å². The topological polar surface area (TPSA) is 225 Å². The molecule has 15 nitrogen and oxygen atoms in total. The maximum atomic E-state index is 14.3. The average Bonchev–Trinajstić information content (AvgIpc) is 3.70. The predicted molar refractivity (Wildman–Crippen MR) is 175 cm³/mol. The van der Waals surface area contributed by atoms with E-state index in [0.717, 1.165) is 11.4 Å². The van der Waals surface area contributed by atoms with Crippen molar-refractivity contribution in [3.8, 4) is 5.75 Å². The van der Waals surface area contributed by atoms with Crippen LogP contribution in [-0.4, -0.2) is 108 Å². The number of aromatic nitrogens is 4. The number of H-pyrrole nitrogens is 2. The van der Waals surface area contributed by atoms with Gasteiger partial charge in [0.1, 0.15) is 22.8 Å². The van der Waals surface area contributed by atoms with E-state index in [4.69, 9.17) is 5.73 Å². The summed E-state index contributed by atoms with van der Waals surface area (Å²) in [6, 6.07) is 4.38. The molecule has 48 heavy (non-hydrogen) atoms. The highest BCUT2D eigenvalue weighted by atomic mass is 16.3. The normalized spacial score (nSPS) is 23.6. The second-order valence-electron chi connectivity index (χ2n) is 12.9. The lowest BCUT2D eigenvalue weighted by molar-refractivity contribution is -0.153. The molecule has 6 rings (SSSR count). The van der Waals surface area contributed by atoms with Crippen molar-refractivity contribution in [2.45, 2.75) is 51.5 Å². The number of phenols is 1. The Hall–Kier alpha value is -4.99. The van der Waals surface area contributed by atoms with Crippen LogP contribution in [0.1, 0.15) is 41.9 Å². The molecular weight excluding hydrogens is 620 g/mol. The molecule has 1 saturated carbocycles. The number of ketones is 2. The Kier molecular flexibility index (Phi) is 8.99. The van der Waals surface area contributed by atoms with E-state index >= 15 is 0 Å². The molecule has 15 heteroatoms. The molecule has 3 aromatic rings. The molecule has 0 bridgehead atoms. The molecule has 2 heterocycles. The van der Waals surface area contributed by atoms with Gasteiger partial charge in [0, 0.05) is 80.3 Å². The van der Waals surface area contributed by atoms with Gasteiger partial charge in [0.05, 0.1) is 11.6 Å². The van der Waals surface area contributed by atoms with Gasteiger partial charge in [0.2, 0.25) is 5.78 Å². The molecule has 2 aromatic heterocycles. The maximum Gasteiger partial charge on any atom is 0.255 e. The zero-order valence-electron chi connectivity index (χ0n) is 26.5. The van der Waals surface area contributed by atoms with Gasteiger partial charge in [0.25, 0.3) is 5.91 Å². The van der Waals surface area contributed by atoms with Gasteiger partial charge in [-0.05, 0) is 56.6 Å². The minimum atomic E-state index is -2.70. The fraction of sp³-hybridized carbons (Fsp3) is 0.424. The second-order valence-corrected chi connectivity index (χ2v) is 12.9. The molecule has 8 N–H and O–H groups in total. The van der Waals surface area contributed by atoms with Gasteiger partial charge in [-0.25, -0.2) is 0 Å². The second kappa shape index (κ2) is 12.6. The van der Waals surface area contributed by atoms with Crippen LogP contribution in [0.5, 0.6) is 5.75 Å². The number of aromatic hydroxyl groups is 1. The number of aliphatic hydroxyl groups excluding tert-OH is 2. The maximum absolute atomic E-state index is 14.3. The first kappa shape index (κ1) is 34.3. The predicted octanol–water partition coefficient (Wildman–Crippen LogP) is 1.31. The summed E-state index contributed by atoms with van der Waals surface area (Å²) < 4.78 is 0. The van der Waals surface area contributed by atoms with E-state index in [0.29, 0.717) is 29.9 Å². The number of hydrogen-bond acceptors (Lipinski definition) is 12. The number of nitrogens with one attached hydrogen (secondary N) is 2. The molecule has 0 aliphatic heterocycles. The molecule has 3 aliphatic rings. The van der Waals surface area contributed by atoms with E-state index in [1.54, 1.807) is 26.5 Å². The number of nitrogens with zero attached hydrogens (tertiary/aromatic N) is 5. The Morgan fingerprint density at radius 3 is 2.12 bits per heavy atom. The largest absolute Gasteiger partial charge is 0.508 e. The smallest absolute Gasteiger partial charge is 0.255 e. The number of rotatable bonds is 9. The summed E-state index contributed by atoms with van der Waals surface area (Å²) in [4.78, 5) is 45.3. The summed E-state index contributed by atoms with van der Waals surface area (Å²) in [5.41, 5.74) is 5.17. The standard InChI is InChI=1S/C32H38N8O7.CH4/c1-38(2)21-11-16(12-40(13-17-5-7-34-36-17)14-18-6-8-35-37-18)26(41)23-19(21)9-15-10-20-25(39(3)4)28(43)24(31(33)46)30(45)32(20,47)29(44)22(15)27(23)42;/h5-8,11,15,20,25,41-42,45,47H,9-10,12-14H2,1-4H3,(H2,33,46)(H,34,36)(H,35,37);1H4/t15-,20-,25-,32-;/m0./s1. The van der Waals surface area contributed by atoms with Crippen molar-refractivity contribution in [3.63, 3.8) is 0 Å². The summed E-state index contributed by atoms with van der Waals surface area (Å²) in [7, 11) is 6.80. The van der Waals surface area contributed by atoms with Gasteiger partial charge >= 0.3 is 0 Å². The van der Waals surface area contributed by atoms with Crippen LogP contribution < -0.4 is 10.6 Å². The zero-order chi connectivity index (χ0) is 33.9. The van der Waals surface area contributed by atoms with E-state index in [2.05, 4.69) is 20.4 Å². The first-order valence-corrected chi connectivity index (χ1v) is 15.1. The lowest BCUT2D eigenvalue weighted by Crippen LogP contribution is -2.65. The summed E-state index contributed by atoms with van der Waals surface area (Å²) >= 11 is 0. The van der Waals surface area contributed by atoms with E-state index in [1.807, 2.05) is 42.1 Å². The number of aromatic amines is 2. The number of hydrogen-bond donors (Lipinski definition) is 7. The molecule has 3 aliphatic carbocycles. The van der Waals surface area contributed by atoms with Crippen LogP contribution in [0.25, 0.3) is 5.76 Å². The SMILES string of the molecule is C.CN(C)c1cc(CN(Cc2ccn[nH]2)Cc2ccn[nH]2)c(O)c2c1C[C@H]1C[C@H]3[C@H](N(C)C)C(=O)C(C(N)=O)=C(O)[C@@]3(O)C(=O)C1=C2O. The number of aliphatic hydroxyl groups is 3. The molecular formula is C33H42N8O7. The van der Waals surface area contributed by atoms with Gasteiger partial charge in [-0.15, -0.1) is 0 Å². The molecule has 0 saturated heterocycles. The Morgan fingerprint density at radius 2 is 1.62 bits per heavy atom. The lowest BCUT2D eigenvalue weighted by atomic mass is 9.57. The van der Waals surface area contributed by atoms with Crippen molar-refractivity contribution < 1.29 is 34.8 Å². The molecule has 1 aromatic carbocycles. The van der Waals surface area contributed by atoms with Crippen molar-refractivity contribution in [1.29, 1.82) is 0 Å². The van der Waals surface area contributed by atoms with Crippen molar-refractivity contribution in [2.75, 3.05) is 33.1 Å². The molecule has 0 radical (unpaired) electrons. The summed E-state index contributed by atoms with van der Waals surface area (Å²) in [6.45, 7) is 1.10. The number of carbonyl (C=O) groups excluding carboxylic acids is 3. The minimum absolute atomic E-state index is 0. The number of anilines is 1. The summed E-state index contributed by atoms with van der Waals surface area (Å²) in [5.74, 6) is -6.81. The van der Waals surface area contributed by atoms with E-state index in [1.165, 1.54) is 4.90 Å². The third kappa shape index (κ3) is 5.33. The van der Waals surface area contributed by atoms with E-state index < -0.39 is 58.0 Å². The number of likely N-dealkylation sites (N-methyl/N-ethyl adjacent to an activating group) is 1.